The predicted molar refractivity (Wildman–Crippen MR) is 125 cm³/mol. The number of alkyl halides is 3. The molecule has 3 aromatic heterocycles. The van der Waals surface area contributed by atoms with E-state index in [1.54, 1.807) is 25.5 Å². The van der Waals surface area contributed by atoms with Crippen LogP contribution in [0.15, 0.2) is 66.3 Å². The molecule has 5 aromatic rings. The van der Waals surface area contributed by atoms with Gasteiger partial charge in [0.15, 0.2) is 5.13 Å². The second-order valence-corrected chi connectivity index (χ2v) is 8.49. The lowest BCUT2D eigenvalue weighted by Crippen LogP contribution is -2.05. The summed E-state index contributed by atoms with van der Waals surface area (Å²) in [6, 6.07) is 12.9. The molecule has 1 N–H and O–H groups in total. The quantitative estimate of drug-likeness (QED) is 0.316. The minimum absolute atomic E-state index is 0.414. The van der Waals surface area contributed by atoms with Crippen molar-refractivity contribution >= 4 is 33.2 Å². The summed E-state index contributed by atoms with van der Waals surface area (Å²) in [4.78, 5) is 13.4. The summed E-state index contributed by atoms with van der Waals surface area (Å²) >= 11 is 1.48. The number of aromatic nitrogens is 4. The first-order valence-electron chi connectivity index (χ1n) is 10.1. The third-order valence-electron chi connectivity index (χ3n) is 5.38. The number of halogens is 3. The molecule has 0 unspecified atom stereocenters. The Morgan fingerprint density at radius 1 is 1.00 bits per heavy atom. The third kappa shape index (κ3) is 4.07. The van der Waals surface area contributed by atoms with Gasteiger partial charge >= 0.3 is 6.18 Å². The van der Waals surface area contributed by atoms with Crippen LogP contribution in [0.3, 0.4) is 0 Å². The Bertz CT molecular complexity index is 1450. The molecule has 0 saturated heterocycles. The van der Waals surface area contributed by atoms with E-state index in [0.717, 1.165) is 45.3 Å². The van der Waals surface area contributed by atoms with Crippen LogP contribution >= 0.6 is 11.3 Å². The van der Waals surface area contributed by atoms with Gasteiger partial charge in [0.05, 0.1) is 22.3 Å². The number of anilines is 2. The topological polar surface area (TPSA) is 55.6 Å². The van der Waals surface area contributed by atoms with Crippen molar-refractivity contribution in [1.82, 2.24) is 19.5 Å². The highest BCUT2D eigenvalue weighted by Crippen LogP contribution is 2.34. The molecule has 0 aliphatic heterocycles. The summed E-state index contributed by atoms with van der Waals surface area (Å²) in [5, 5.41) is 6.03. The van der Waals surface area contributed by atoms with Crippen molar-refractivity contribution < 1.29 is 13.2 Å². The van der Waals surface area contributed by atoms with Gasteiger partial charge in [-0.05, 0) is 48.9 Å². The van der Waals surface area contributed by atoms with Gasteiger partial charge in [-0.2, -0.15) is 13.2 Å². The maximum atomic E-state index is 13.2. The van der Waals surface area contributed by atoms with Crippen LogP contribution in [-0.4, -0.2) is 19.5 Å². The Labute approximate surface area is 191 Å². The van der Waals surface area contributed by atoms with Crippen LogP contribution in [0.5, 0.6) is 0 Å². The van der Waals surface area contributed by atoms with Gasteiger partial charge in [-0.1, -0.05) is 12.1 Å². The monoisotopic (exact) mass is 465 g/mol. The molecule has 0 amide bonds. The van der Waals surface area contributed by atoms with E-state index in [9.17, 15) is 13.2 Å². The fraction of sp³-hybridized carbons (Fsp3) is 0.125. The molecule has 0 aliphatic carbocycles. The van der Waals surface area contributed by atoms with Crippen molar-refractivity contribution in [3.8, 4) is 22.6 Å². The summed E-state index contributed by atoms with van der Waals surface area (Å²) in [5.41, 5.74) is 4.81. The van der Waals surface area contributed by atoms with Crippen LogP contribution in [0.1, 0.15) is 11.1 Å². The van der Waals surface area contributed by atoms with Crippen molar-refractivity contribution in [2.45, 2.75) is 13.1 Å². The van der Waals surface area contributed by atoms with Crippen LogP contribution in [-0.2, 0) is 13.2 Å². The summed E-state index contributed by atoms with van der Waals surface area (Å²) in [6.07, 6.45) is -0.927. The van der Waals surface area contributed by atoms with Crippen molar-refractivity contribution in [1.29, 1.82) is 0 Å². The molecule has 166 valence electrons. The number of pyridine rings is 1. The van der Waals surface area contributed by atoms with Crippen molar-refractivity contribution in [2.75, 3.05) is 5.32 Å². The van der Waals surface area contributed by atoms with Gasteiger partial charge in [-0.3, -0.25) is 4.98 Å². The zero-order chi connectivity index (χ0) is 23.2. The van der Waals surface area contributed by atoms with E-state index in [-0.39, 0.29) is 0 Å². The Hall–Kier alpha value is -3.72. The first-order chi connectivity index (χ1) is 15.8. The number of imidazole rings is 1. The molecule has 0 aliphatic rings. The Balaban J connectivity index is 1.49. The summed E-state index contributed by atoms with van der Waals surface area (Å²) < 4.78 is 41.3. The van der Waals surface area contributed by atoms with E-state index in [1.165, 1.54) is 17.4 Å². The maximum absolute atomic E-state index is 13.2. The average molecular weight is 466 g/mol. The van der Waals surface area contributed by atoms with E-state index in [2.05, 4.69) is 20.3 Å². The van der Waals surface area contributed by atoms with Gasteiger partial charge in [0.2, 0.25) is 0 Å². The maximum Gasteiger partial charge on any atom is 0.416 e. The molecule has 0 radical (unpaired) electrons. The smallest absolute Gasteiger partial charge is 0.331 e. The molecular formula is C24H18F3N5S. The second kappa shape index (κ2) is 8.00. The number of hydrogen-bond acceptors (Lipinski definition) is 5. The number of rotatable bonds is 4. The highest BCUT2D eigenvalue weighted by molar-refractivity contribution is 7.14. The Kier molecular flexibility index (Phi) is 5.13. The molecule has 0 saturated carbocycles. The lowest BCUT2D eigenvalue weighted by atomic mass is 10.1. The van der Waals surface area contributed by atoms with E-state index in [0.29, 0.717) is 16.9 Å². The molecule has 5 nitrogen and oxygen atoms in total. The number of nitrogens with one attached hydrogen (secondary N) is 1. The van der Waals surface area contributed by atoms with Crippen LogP contribution in [0.2, 0.25) is 0 Å². The lowest BCUT2D eigenvalue weighted by Gasteiger charge is -2.09. The molecule has 2 aromatic carbocycles. The van der Waals surface area contributed by atoms with Crippen LogP contribution in [0, 0.1) is 6.92 Å². The SMILES string of the molecule is Cc1cc2c(cc1Nc1nc(-c3cccnc3)cs1)nc(-c1cccc(C(F)(F)F)c1)n2C. The standard InChI is InChI=1S/C24H18F3N5S/c1-14-9-21-19(29-22(32(21)2)15-5-3-7-17(10-15)24(25,26)27)11-18(14)30-23-31-20(13-33-23)16-6-4-8-28-12-16/h3-13H,1-2H3,(H,30,31). The summed E-state index contributed by atoms with van der Waals surface area (Å²) in [7, 11) is 1.80. The molecule has 0 bridgehead atoms. The minimum atomic E-state index is -4.41. The van der Waals surface area contributed by atoms with Crippen molar-refractivity contribution in [2.24, 2.45) is 7.05 Å². The van der Waals surface area contributed by atoms with Crippen LogP contribution in [0.4, 0.5) is 24.0 Å². The number of hydrogen-bond donors (Lipinski definition) is 1. The highest BCUT2D eigenvalue weighted by atomic mass is 32.1. The summed E-state index contributed by atoms with van der Waals surface area (Å²) in [5.74, 6) is 0.473. The lowest BCUT2D eigenvalue weighted by molar-refractivity contribution is -0.137. The molecule has 0 spiro atoms. The van der Waals surface area contributed by atoms with Gasteiger partial charge in [-0.25, -0.2) is 9.97 Å². The zero-order valence-corrected chi connectivity index (χ0v) is 18.5. The fourth-order valence-electron chi connectivity index (χ4n) is 3.66. The minimum Gasteiger partial charge on any atom is -0.331 e. The van der Waals surface area contributed by atoms with E-state index in [4.69, 9.17) is 0 Å². The van der Waals surface area contributed by atoms with Gasteiger partial charge in [0.1, 0.15) is 5.82 Å². The number of fused-ring (bicyclic) bond motifs is 1. The van der Waals surface area contributed by atoms with Crippen molar-refractivity contribution in [3.63, 3.8) is 0 Å². The zero-order valence-electron chi connectivity index (χ0n) is 17.7. The highest BCUT2D eigenvalue weighted by Gasteiger charge is 2.30. The van der Waals surface area contributed by atoms with E-state index >= 15 is 0 Å². The largest absolute Gasteiger partial charge is 0.416 e. The molecular weight excluding hydrogens is 447 g/mol. The van der Waals surface area contributed by atoms with Gasteiger partial charge in [-0.15, -0.1) is 11.3 Å². The molecule has 0 fully saturated rings. The van der Waals surface area contributed by atoms with Gasteiger partial charge < -0.3 is 9.88 Å². The van der Waals surface area contributed by atoms with E-state index < -0.39 is 11.7 Å². The number of thiazole rings is 1. The second-order valence-electron chi connectivity index (χ2n) is 7.63. The van der Waals surface area contributed by atoms with E-state index in [1.807, 2.05) is 41.1 Å². The Morgan fingerprint density at radius 2 is 1.82 bits per heavy atom. The molecule has 0 atom stereocenters. The molecule has 9 heteroatoms. The van der Waals surface area contributed by atoms with Gasteiger partial charge in [0, 0.05) is 41.6 Å². The number of aryl methyl sites for hydroxylation is 2. The normalized spacial score (nSPS) is 11.8. The Morgan fingerprint density at radius 3 is 2.58 bits per heavy atom. The summed E-state index contributed by atoms with van der Waals surface area (Å²) in [6.45, 7) is 1.97. The number of nitrogens with zero attached hydrogens (tertiary/aromatic N) is 4. The predicted octanol–water partition coefficient (Wildman–Crippen LogP) is 6.83. The van der Waals surface area contributed by atoms with Crippen LogP contribution < -0.4 is 5.32 Å². The first-order valence-corrected chi connectivity index (χ1v) is 11.0. The average Bonchev–Trinajstić information content (AvgIpc) is 3.39. The third-order valence-corrected chi connectivity index (χ3v) is 6.14. The molecule has 3 heterocycles. The van der Waals surface area contributed by atoms with Crippen LogP contribution in [0.25, 0.3) is 33.7 Å². The van der Waals surface area contributed by atoms with Gasteiger partial charge in [0.25, 0.3) is 0 Å². The molecule has 5 rings (SSSR count). The fourth-order valence-corrected chi connectivity index (χ4v) is 4.40. The first kappa shape index (κ1) is 21.1. The molecule has 33 heavy (non-hydrogen) atoms. The van der Waals surface area contributed by atoms with Crippen molar-refractivity contribution in [3.05, 3.63) is 77.4 Å². The number of benzene rings is 2.